The van der Waals surface area contributed by atoms with Crippen LogP contribution in [0.4, 0.5) is 39.5 Å². The van der Waals surface area contributed by atoms with E-state index in [0.717, 1.165) is 4.90 Å². The number of rotatable bonds is 3. The van der Waals surface area contributed by atoms with Gasteiger partial charge in [-0.05, 0) is 25.5 Å². The molecule has 1 unspecified atom stereocenters. The monoisotopic (exact) mass is 509 g/mol. The molecule has 0 aromatic carbocycles. The smallest absolute Gasteiger partial charge is 0.345 e. The summed E-state index contributed by atoms with van der Waals surface area (Å²) in [6.45, 7) is 2.44. The van der Waals surface area contributed by atoms with E-state index in [2.05, 4.69) is 10.3 Å². The van der Waals surface area contributed by atoms with Crippen molar-refractivity contribution in [3.63, 3.8) is 0 Å². The summed E-state index contributed by atoms with van der Waals surface area (Å²) in [5.74, 6) is -1.91. The van der Waals surface area contributed by atoms with Gasteiger partial charge in [-0.3, -0.25) is 4.79 Å². The molecule has 14 heteroatoms. The van der Waals surface area contributed by atoms with E-state index in [1.165, 1.54) is 6.92 Å². The Labute approximate surface area is 187 Å². The fourth-order valence-corrected chi connectivity index (χ4v) is 3.15. The summed E-state index contributed by atoms with van der Waals surface area (Å²) in [7, 11) is 0. The van der Waals surface area contributed by atoms with Crippen LogP contribution in [0.15, 0.2) is 50.8 Å². The van der Waals surface area contributed by atoms with Crippen molar-refractivity contribution in [3.8, 4) is 0 Å². The molecule has 2 aliphatic rings. The van der Waals surface area contributed by atoms with Crippen molar-refractivity contribution < 1.29 is 44.3 Å². The lowest BCUT2D eigenvalue weighted by atomic mass is 10.1. The second-order valence-corrected chi connectivity index (χ2v) is 7.57. The first-order valence-corrected chi connectivity index (χ1v) is 9.71. The molecule has 33 heavy (non-hydrogen) atoms. The topological polar surface area (TPSA) is 44.7 Å². The molecule has 1 heterocycles. The molecule has 1 atom stereocenters. The third kappa shape index (κ3) is 6.55. The third-order valence-corrected chi connectivity index (χ3v) is 5.13. The largest absolute Gasteiger partial charge is 0.435 e. The van der Waals surface area contributed by atoms with Crippen molar-refractivity contribution in [1.82, 2.24) is 10.2 Å². The standard InChI is InChI=1S/C19H17ClF9N3O/c1-3-9(2)32-8-13(31-15(19(27,28)29)14(20)16(32)33)30-12-6-10(17(21,22)23)4-5-11(7-12)18(24,25)26/h4-6,9H,3,7-8H2,1-2H3,(H,30,31). The lowest BCUT2D eigenvalue weighted by Crippen LogP contribution is -2.44. The molecule has 0 aromatic rings. The number of amidine groups is 1. The molecule has 0 saturated carbocycles. The van der Waals surface area contributed by atoms with E-state index in [1.54, 1.807) is 6.92 Å². The highest BCUT2D eigenvalue weighted by Crippen LogP contribution is 2.37. The number of nitrogens with zero attached hydrogens (tertiary/aromatic N) is 2. The number of carbonyl (C=O) groups excluding carboxylic acids is 1. The molecule has 1 aliphatic heterocycles. The quantitative estimate of drug-likeness (QED) is 0.482. The summed E-state index contributed by atoms with van der Waals surface area (Å²) in [5.41, 5.74) is -5.35. The van der Waals surface area contributed by atoms with Crippen LogP contribution in [0.5, 0.6) is 0 Å². The second kappa shape index (κ2) is 9.43. The van der Waals surface area contributed by atoms with Crippen molar-refractivity contribution in [2.45, 2.75) is 51.3 Å². The van der Waals surface area contributed by atoms with Crippen LogP contribution in [-0.4, -0.2) is 47.8 Å². The molecule has 0 saturated heterocycles. The van der Waals surface area contributed by atoms with Gasteiger partial charge < -0.3 is 10.2 Å². The summed E-state index contributed by atoms with van der Waals surface area (Å²) in [5, 5.41) is 0.874. The SMILES string of the molecule is CCC(C)N1CC(NC2=CC(C(F)(F)F)=CC=C(C(F)(F)F)C2)=NC(C(F)(F)F)=C(Cl)C1=O. The summed E-state index contributed by atoms with van der Waals surface area (Å²) in [6, 6.07) is -0.662. The minimum atomic E-state index is -5.21. The van der Waals surface area contributed by atoms with Crippen molar-refractivity contribution in [1.29, 1.82) is 0 Å². The number of halogens is 10. The normalized spacial score (nSPS) is 19.9. The van der Waals surface area contributed by atoms with Gasteiger partial charge in [-0.1, -0.05) is 24.6 Å². The van der Waals surface area contributed by atoms with E-state index in [1.807, 2.05) is 0 Å². The molecule has 1 N–H and O–H groups in total. The van der Waals surface area contributed by atoms with E-state index in [9.17, 15) is 44.3 Å². The van der Waals surface area contributed by atoms with Gasteiger partial charge in [0.15, 0.2) is 5.70 Å². The highest BCUT2D eigenvalue weighted by Gasteiger charge is 2.42. The van der Waals surface area contributed by atoms with E-state index >= 15 is 0 Å². The highest BCUT2D eigenvalue weighted by atomic mass is 35.5. The van der Waals surface area contributed by atoms with Crippen LogP contribution in [0.2, 0.25) is 0 Å². The Hall–Kier alpha value is -2.44. The van der Waals surface area contributed by atoms with Crippen LogP contribution in [0, 0.1) is 0 Å². The Kier molecular flexibility index (Phi) is 7.66. The maximum Gasteiger partial charge on any atom is 0.435 e. The van der Waals surface area contributed by atoms with Crippen LogP contribution < -0.4 is 5.32 Å². The van der Waals surface area contributed by atoms with Crippen LogP contribution in [-0.2, 0) is 4.79 Å². The average molecular weight is 510 g/mol. The zero-order valence-electron chi connectivity index (χ0n) is 17.0. The van der Waals surface area contributed by atoms with Gasteiger partial charge in [0, 0.05) is 23.7 Å². The van der Waals surface area contributed by atoms with E-state index in [-0.39, 0.29) is 18.6 Å². The van der Waals surface area contributed by atoms with Crippen molar-refractivity contribution >= 4 is 23.3 Å². The van der Waals surface area contributed by atoms with Gasteiger partial charge in [0.05, 0.1) is 12.1 Å². The molecular formula is C19H17ClF9N3O. The Morgan fingerprint density at radius 2 is 1.67 bits per heavy atom. The van der Waals surface area contributed by atoms with E-state index in [4.69, 9.17) is 11.6 Å². The molecule has 0 aromatic heterocycles. The summed E-state index contributed by atoms with van der Waals surface area (Å²) in [4.78, 5) is 16.6. The average Bonchev–Trinajstić information content (AvgIpc) is 2.96. The highest BCUT2D eigenvalue weighted by molar-refractivity contribution is 6.42. The molecule has 184 valence electrons. The molecule has 0 spiro atoms. The Morgan fingerprint density at radius 3 is 2.15 bits per heavy atom. The number of alkyl halides is 9. The maximum atomic E-state index is 13.4. The lowest BCUT2D eigenvalue weighted by Gasteiger charge is -2.28. The van der Waals surface area contributed by atoms with Gasteiger partial charge in [-0.15, -0.1) is 0 Å². The van der Waals surface area contributed by atoms with Crippen molar-refractivity contribution in [2.24, 2.45) is 4.99 Å². The first-order valence-electron chi connectivity index (χ1n) is 9.33. The zero-order chi connectivity index (χ0) is 25.4. The molecule has 0 bridgehead atoms. The minimum Gasteiger partial charge on any atom is -0.345 e. The van der Waals surface area contributed by atoms with Crippen molar-refractivity contribution in [2.75, 3.05) is 6.54 Å². The van der Waals surface area contributed by atoms with Gasteiger partial charge in [0.2, 0.25) is 0 Å². The summed E-state index contributed by atoms with van der Waals surface area (Å²) >= 11 is 5.62. The Balaban J connectivity index is 2.57. The molecule has 0 fully saturated rings. The van der Waals surface area contributed by atoms with Gasteiger partial charge in [0.1, 0.15) is 10.9 Å². The number of carbonyl (C=O) groups is 1. The molecule has 2 rings (SSSR count). The van der Waals surface area contributed by atoms with E-state index < -0.39 is 76.9 Å². The number of hydrogen-bond donors (Lipinski definition) is 1. The number of hydrogen-bond acceptors (Lipinski definition) is 3. The van der Waals surface area contributed by atoms with Crippen LogP contribution in [0.25, 0.3) is 0 Å². The Bertz CT molecular complexity index is 953. The van der Waals surface area contributed by atoms with Gasteiger partial charge in [0.25, 0.3) is 5.91 Å². The molecule has 0 radical (unpaired) electrons. The minimum absolute atomic E-state index is 0.222. The first kappa shape index (κ1) is 26.8. The first-order chi connectivity index (χ1) is 14.9. The number of nitrogens with one attached hydrogen (secondary N) is 1. The molecule has 1 amide bonds. The lowest BCUT2D eigenvalue weighted by molar-refractivity contribution is -0.128. The molecule has 1 aliphatic carbocycles. The summed E-state index contributed by atoms with van der Waals surface area (Å²) < 4.78 is 119. The zero-order valence-corrected chi connectivity index (χ0v) is 17.8. The number of allylic oxidation sites excluding steroid dienone is 6. The predicted molar refractivity (Wildman–Crippen MR) is 102 cm³/mol. The predicted octanol–water partition coefficient (Wildman–Crippen LogP) is 5.89. The maximum absolute atomic E-state index is 13.4. The number of amides is 1. The van der Waals surface area contributed by atoms with Crippen molar-refractivity contribution in [3.05, 3.63) is 45.8 Å². The van der Waals surface area contributed by atoms with Crippen LogP contribution in [0.3, 0.4) is 0 Å². The van der Waals surface area contributed by atoms with E-state index in [0.29, 0.717) is 6.08 Å². The third-order valence-electron chi connectivity index (χ3n) is 4.79. The fraction of sp³-hybridized carbons (Fsp3) is 0.474. The second-order valence-electron chi connectivity index (χ2n) is 7.19. The molecular weight excluding hydrogens is 493 g/mol. The fourth-order valence-electron chi connectivity index (χ4n) is 2.89. The van der Waals surface area contributed by atoms with Crippen LogP contribution >= 0.6 is 11.6 Å². The van der Waals surface area contributed by atoms with Gasteiger partial charge in [-0.2, -0.15) is 39.5 Å². The number of aliphatic imine (C=N–C) groups is 1. The molecule has 4 nitrogen and oxygen atoms in total. The van der Waals surface area contributed by atoms with Gasteiger partial charge in [-0.25, -0.2) is 4.99 Å². The van der Waals surface area contributed by atoms with Gasteiger partial charge >= 0.3 is 18.5 Å². The Morgan fingerprint density at radius 1 is 1.06 bits per heavy atom. The van der Waals surface area contributed by atoms with Crippen LogP contribution in [0.1, 0.15) is 26.7 Å². The summed E-state index contributed by atoms with van der Waals surface area (Å²) in [6.07, 6.45) is -15.3.